The van der Waals surface area contributed by atoms with E-state index >= 15 is 0 Å². The van der Waals surface area contributed by atoms with Crippen LogP contribution in [0.15, 0.2) is 35.4 Å². The molecule has 0 unspecified atom stereocenters. The zero-order valence-electron chi connectivity index (χ0n) is 17.8. The summed E-state index contributed by atoms with van der Waals surface area (Å²) in [6.45, 7) is -0.535. The molecule has 176 valence electrons. The summed E-state index contributed by atoms with van der Waals surface area (Å²) in [5.41, 5.74) is -1.78. The fourth-order valence-electron chi connectivity index (χ4n) is 4.37. The van der Waals surface area contributed by atoms with E-state index in [-0.39, 0.29) is 28.6 Å². The van der Waals surface area contributed by atoms with E-state index in [9.17, 15) is 26.7 Å². The Hall–Kier alpha value is -3.11. The third kappa shape index (κ3) is 4.67. The van der Waals surface area contributed by atoms with Crippen LogP contribution in [0.5, 0.6) is 0 Å². The highest BCUT2D eigenvalue weighted by Crippen LogP contribution is 2.35. The predicted octanol–water partition coefficient (Wildman–Crippen LogP) is 5.09. The van der Waals surface area contributed by atoms with Crippen molar-refractivity contribution in [1.29, 1.82) is 0 Å². The van der Waals surface area contributed by atoms with Gasteiger partial charge in [-0.15, -0.1) is 0 Å². The van der Waals surface area contributed by atoms with Crippen LogP contribution >= 0.6 is 0 Å². The van der Waals surface area contributed by atoms with E-state index in [1.54, 1.807) is 0 Å². The van der Waals surface area contributed by atoms with Gasteiger partial charge in [0.15, 0.2) is 0 Å². The van der Waals surface area contributed by atoms with Gasteiger partial charge < -0.3 is 0 Å². The van der Waals surface area contributed by atoms with Gasteiger partial charge in [-0.05, 0) is 37.0 Å². The molecule has 0 bridgehead atoms. The standard InChI is InChI=1S/C22H22F5N5O/c1-31-19(20(23)24)15(11-29-31)17-10-14(13-6-3-2-4-7-13)21(33)32(30-17)12-18-16(22(25,26)27)8-5-9-28-18/h5,8-11,13,20H,2-4,6-7,12H2,1H3. The second-order valence-electron chi connectivity index (χ2n) is 8.15. The van der Waals surface area contributed by atoms with Crippen LogP contribution in [0.4, 0.5) is 22.0 Å². The Balaban J connectivity index is 1.87. The van der Waals surface area contributed by atoms with Crippen LogP contribution < -0.4 is 5.56 Å². The highest BCUT2D eigenvalue weighted by molar-refractivity contribution is 5.62. The van der Waals surface area contributed by atoms with Crippen molar-refractivity contribution in [3.05, 3.63) is 63.5 Å². The second-order valence-corrected chi connectivity index (χ2v) is 8.15. The van der Waals surface area contributed by atoms with Gasteiger partial charge in [0.25, 0.3) is 12.0 Å². The van der Waals surface area contributed by atoms with Crippen molar-refractivity contribution in [1.82, 2.24) is 24.5 Å². The second kappa shape index (κ2) is 9.03. The van der Waals surface area contributed by atoms with Gasteiger partial charge in [0.1, 0.15) is 5.69 Å². The number of aryl methyl sites for hydroxylation is 1. The maximum Gasteiger partial charge on any atom is 0.418 e. The van der Waals surface area contributed by atoms with Crippen molar-refractivity contribution in [2.24, 2.45) is 7.05 Å². The lowest BCUT2D eigenvalue weighted by Gasteiger charge is -2.22. The number of rotatable bonds is 5. The first-order chi connectivity index (χ1) is 15.7. The van der Waals surface area contributed by atoms with Crippen molar-refractivity contribution in [3.8, 4) is 11.3 Å². The first-order valence-electron chi connectivity index (χ1n) is 10.6. The van der Waals surface area contributed by atoms with Crippen LogP contribution in [0.2, 0.25) is 0 Å². The summed E-state index contributed by atoms with van der Waals surface area (Å²) in [5.74, 6) is -0.114. The highest BCUT2D eigenvalue weighted by atomic mass is 19.4. The zero-order valence-corrected chi connectivity index (χ0v) is 17.8. The van der Waals surface area contributed by atoms with Crippen molar-refractivity contribution in [3.63, 3.8) is 0 Å². The number of pyridine rings is 1. The summed E-state index contributed by atoms with van der Waals surface area (Å²) in [4.78, 5) is 17.1. The van der Waals surface area contributed by atoms with Gasteiger partial charge in [-0.25, -0.2) is 13.5 Å². The van der Waals surface area contributed by atoms with Crippen molar-refractivity contribution >= 4 is 0 Å². The Morgan fingerprint density at radius 2 is 1.91 bits per heavy atom. The molecule has 1 aliphatic carbocycles. The molecule has 0 aliphatic heterocycles. The molecule has 0 N–H and O–H groups in total. The van der Waals surface area contributed by atoms with Crippen molar-refractivity contribution in [2.45, 2.75) is 57.2 Å². The molecule has 0 saturated heterocycles. The third-order valence-electron chi connectivity index (χ3n) is 6.01. The first-order valence-corrected chi connectivity index (χ1v) is 10.6. The summed E-state index contributed by atoms with van der Waals surface area (Å²) in [5, 5.41) is 8.07. The fraction of sp³-hybridized carbons (Fsp3) is 0.455. The number of hydrogen-bond donors (Lipinski definition) is 0. The molecule has 3 heterocycles. The van der Waals surface area contributed by atoms with E-state index in [4.69, 9.17) is 0 Å². The Kier molecular flexibility index (Phi) is 6.31. The maximum absolute atomic E-state index is 13.7. The van der Waals surface area contributed by atoms with E-state index in [0.29, 0.717) is 5.56 Å². The van der Waals surface area contributed by atoms with E-state index in [2.05, 4.69) is 15.2 Å². The SMILES string of the molecule is Cn1ncc(-c2cc(C3CCCCC3)c(=O)n(Cc3ncccc3C(F)(F)F)n2)c1C(F)F. The van der Waals surface area contributed by atoms with Gasteiger partial charge in [-0.2, -0.15) is 23.4 Å². The van der Waals surface area contributed by atoms with Crippen molar-refractivity contribution in [2.75, 3.05) is 0 Å². The van der Waals surface area contributed by atoms with E-state index in [1.165, 1.54) is 25.5 Å². The minimum Gasteiger partial charge on any atom is -0.267 e. The van der Waals surface area contributed by atoms with Gasteiger partial charge in [0.2, 0.25) is 0 Å². The Labute approximate surface area is 186 Å². The van der Waals surface area contributed by atoms with E-state index in [1.807, 2.05) is 0 Å². The number of halogens is 5. The topological polar surface area (TPSA) is 65.6 Å². The van der Waals surface area contributed by atoms with Gasteiger partial charge in [-0.1, -0.05) is 19.3 Å². The molecular formula is C22H22F5N5O. The zero-order chi connectivity index (χ0) is 23.8. The smallest absolute Gasteiger partial charge is 0.267 e. The summed E-state index contributed by atoms with van der Waals surface area (Å²) < 4.78 is 69.7. The van der Waals surface area contributed by atoms with Gasteiger partial charge in [0.05, 0.1) is 29.7 Å². The van der Waals surface area contributed by atoms with Crippen LogP contribution in [-0.4, -0.2) is 24.5 Å². The molecule has 3 aromatic rings. The van der Waals surface area contributed by atoms with Crippen LogP contribution in [0.25, 0.3) is 11.3 Å². The summed E-state index contributed by atoms with van der Waals surface area (Å²) in [6, 6.07) is 3.53. The summed E-state index contributed by atoms with van der Waals surface area (Å²) in [7, 11) is 1.37. The summed E-state index contributed by atoms with van der Waals surface area (Å²) in [6.07, 6.45) is -0.740. The number of nitrogens with zero attached hydrogens (tertiary/aromatic N) is 5. The molecule has 4 rings (SSSR count). The molecule has 33 heavy (non-hydrogen) atoms. The van der Waals surface area contributed by atoms with E-state index in [0.717, 1.165) is 53.6 Å². The number of aromatic nitrogens is 5. The molecule has 0 amide bonds. The lowest BCUT2D eigenvalue weighted by molar-refractivity contribution is -0.138. The monoisotopic (exact) mass is 467 g/mol. The van der Waals surface area contributed by atoms with Crippen LogP contribution in [-0.2, 0) is 19.8 Å². The Morgan fingerprint density at radius 3 is 2.58 bits per heavy atom. The lowest BCUT2D eigenvalue weighted by Crippen LogP contribution is -2.30. The minimum absolute atomic E-state index is 0.0374. The molecule has 0 aromatic carbocycles. The minimum atomic E-state index is -4.66. The fourth-order valence-corrected chi connectivity index (χ4v) is 4.37. The highest BCUT2D eigenvalue weighted by Gasteiger charge is 2.34. The van der Waals surface area contributed by atoms with Crippen LogP contribution in [0.3, 0.4) is 0 Å². The van der Waals surface area contributed by atoms with Crippen LogP contribution in [0.1, 0.15) is 67.0 Å². The van der Waals surface area contributed by atoms with Gasteiger partial charge >= 0.3 is 6.18 Å². The maximum atomic E-state index is 13.7. The Morgan fingerprint density at radius 1 is 1.18 bits per heavy atom. The molecule has 1 saturated carbocycles. The Bertz CT molecular complexity index is 1190. The average Bonchev–Trinajstić information content (AvgIpc) is 3.17. The normalized spacial score (nSPS) is 15.4. The van der Waals surface area contributed by atoms with Crippen molar-refractivity contribution < 1.29 is 22.0 Å². The molecule has 3 aromatic heterocycles. The molecule has 1 aliphatic rings. The molecule has 0 radical (unpaired) electrons. The molecule has 1 fully saturated rings. The number of alkyl halides is 5. The molecular weight excluding hydrogens is 445 g/mol. The number of hydrogen-bond acceptors (Lipinski definition) is 4. The molecule has 0 spiro atoms. The predicted molar refractivity (Wildman–Crippen MR) is 110 cm³/mol. The first kappa shape index (κ1) is 23.1. The van der Waals surface area contributed by atoms with Gasteiger partial charge in [-0.3, -0.25) is 14.5 Å². The van der Waals surface area contributed by atoms with Crippen LogP contribution in [0, 0.1) is 0 Å². The molecule has 0 atom stereocenters. The lowest BCUT2D eigenvalue weighted by atomic mass is 9.84. The quantitative estimate of drug-likeness (QED) is 0.491. The largest absolute Gasteiger partial charge is 0.418 e. The average molecular weight is 467 g/mol. The van der Waals surface area contributed by atoms with E-state index < -0.39 is 30.3 Å². The molecule has 11 heteroatoms. The third-order valence-corrected chi connectivity index (χ3v) is 6.01. The summed E-state index contributed by atoms with van der Waals surface area (Å²) >= 11 is 0. The molecule has 6 nitrogen and oxygen atoms in total. The van der Waals surface area contributed by atoms with Gasteiger partial charge in [0, 0.05) is 24.4 Å².